The van der Waals surface area contributed by atoms with Crippen molar-refractivity contribution in [3.63, 3.8) is 0 Å². The summed E-state index contributed by atoms with van der Waals surface area (Å²) < 4.78 is 14.8. The lowest BCUT2D eigenvalue weighted by atomic mass is 9.86. The highest BCUT2D eigenvalue weighted by atomic mass is 35.5. The van der Waals surface area contributed by atoms with E-state index in [1.807, 2.05) is 49.3 Å². The van der Waals surface area contributed by atoms with E-state index in [0.29, 0.717) is 29.3 Å². The van der Waals surface area contributed by atoms with Gasteiger partial charge in [-0.15, -0.1) is 12.4 Å². The van der Waals surface area contributed by atoms with Crippen molar-refractivity contribution in [3.05, 3.63) is 59.4 Å². The van der Waals surface area contributed by atoms with Crippen molar-refractivity contribution in [1.29, 1.82) is 0 Å². The minimum atomic E-state index is -0.366. The number of para-hydroxylation sites is 1. The van der Waals surface area contributed by atoms with Crippen molar-refractivity contribution in [2.45, 2.75) is 26.2 Å². The Balaban J connectivity index is 0.00000300. The van der Waals surface area contributed by atoms with Crippen molar-refractivity contribution in [1.82, 2.24) is 9.88 Å². The molecule has 0 saturated heterocycles. The number of benzene rings is 2. The van der Waals surface area contributed by atoms with Crippen LogP contribution >= 0.6 is 23.7 Å². The van der Waals surface area contributed by atoms with Crippen LogP contribution in [0.1, 0.15) is 36.7 Å². The first-order valence-electron chi connectivity index (χ1n) is 9.29. The van der Waals surface area contributed by atoms with E-state index >= 15 is 0 Å². The van der Waals surface area contributed by atoms with Crippen molar-refractivity contribution >= 4 is 45.0 Å². The van der Waals surface area contributed by atoms with E-state index in [9.17, 15) is 9.18 Å². The van der Waals surface area contributed by atoms with E-state index in [-0.39, 0.29) is 29.5 Å². The molecule has 3 aromatic rings. The van der Waals surface area contributed by atoms with Gasteiger partial charge in [-0.3, -0.25) is 9.69 Å². The molecule has 0 atom stereocenters. The Morgan fingerprint density at radius 1 is 1.07 bits per heavy atom. The van der Waals surface area contributed by atoms with Gasteiger partial charge >= 0.3 is 0 Å². The summed E-state index contributed by atoms with van der Waals surface area (Å²) in [5, 5.41) is 0.520. The van der Waals surface area contributed by atoms with Gasteiger partial charge in [0.25, 0.3) is 5.91 Å². The fourth-order valence-corrected chi connectivity index (χ4v) is 3.88. The number of likely N-dealkylation sites (N-methyl/N-ethyl adjacent to an activating group) is 1. The summed E-state index contributed by atoms with van der Waals surface area (Å²) in [5.41, 5.74) is 2.11. The van der Waals surface area contributed by atoms with Crippen LogP contribution in [0.2, 0.25) is 0 Å². The molecule has 0 aliphatic heterocycles. The monoisotopic (exact) mass is 435 g/mol. The summed E-state index contributed by atoms with van der Waals surface area (Å²) >= 11 is 1.34. The number of rotatable bonds is 5. The van der Waals surface area contributed by atoms with Gasteiger partial charge < -0.3 is 4.90 Å². The molecule has 29 heavy (non-hydrogen) atoms. The highest BCUT2D eigenvalue weighted by Gasteiger charge is 2.23. The number of hydrogen-bond donors (Lipinski definition) is 0. The number of amides is 1. The van der Waals surface area contributed by atoms with Crippen LogP contribution in [-0.4, -0.2) is 43.0 Å². The fraction of sp³-hybridized carbons (Fsp3) is 0.364. The Labute approximate surface area is 181 Å². The molecule has 0 unspecified atom stereocenters. The molecule has 7 heteroatoms. The normalized spacial score (nSPS) is 11.6. The highest BCUT2D eigenvalue weighted by molar-refractivity contribution is 7.22. The molecule has 0 aliphatic rings. The van der Waals surface area contributed by atoms with E-state index in [1.54, 1.807) is 11.0 Å². The number of carbonyl (C=O) groups is 1. The lowest BCUT2D eigenvalue weighted by Crippen LogP contribution is -2.36. The van der Waals surface area contributed by atoms with Gasteiger partial charge in [-0.25, -0.2) is 9.37 Å². The van der Waals surface area contributed by atoms with Crippen molar-refractivity contribution in [2.75, 3.05) is 32.1 Å². The summed E-state index contributed by atoms with van der Waals surface area (Å²) in [4.78, 5) is 21.3. The maximum absolute atomic E-state index is 14.1. The second-order valence-electron chi connectivity index (χ2n) is 8.17. The highest BCUT2D eigenvalue weighted by Crippen LogP contribution is 2.31. The van der Waals surface area contributed by atoms with Gasteiger partial charge in [0.1, 0.15) is 11.3 Å². The standard InChI is InChI=1S/C22H26FN3OS.ClH/c1-22(2,3)16-11-9-15(10-12-16)20(27)26(14-13-25(4)5)21-24-19-17(23)7-6-8-18(19)28-21;/h6-12H,13-14H2,1-5H3;1H. The van der Waals surface area contributed by atoms with Crippen molar-refractivity contribution in [2.24, 2.45) is 0 Å². The number of nitrogens with zero attached hydrogens (tertiary/aromatic N) is 3. The van der Waals surface area contributed by atoms with Gasteiger partial charge in [0.15, 0.2) is 5.13 Å². The minimum Gasteiger partial charge on any atom is -0.308 e. The summed E-state index contributed by atoms with van der Waals surface area (Å²) in [6.45, 7) is 7.59. The summed E-state index contributed by atoms with van der Waals surface area (Å²) in [7, 11) is 3.91. The Bertz CT molecular complexity index is 980. The van der Waals surface area contributed by atoms with Gasteiger partial charge in [0.05, 0.1) is 4.70 Å². The topological polar surface area (TPSA) is 36.4 Å². The number of anilines is 1. The molecule has 156 valence electrons. The molecule has 0 N–H and O–H groups in total. The largest absolute Gasteiger partial charge is 0.308 e. The maximum Gasteiger partial charge on any atom is 0.260 e. The van der Waals surface area contributed by atoms with E-state index in [1.165, 1.54) is 23.0 Å². The number of fused-ring (bicyclic) bond motifs is 1. The summed E-state index contributed by atoms with van der Waals surface area (Å²) in [6.07, 6.45) is 0. The van der Waals surface area contributed by atoms with Crippen molar-refractivity contribution in [3.8, 4) is 0 Å². The predicted octanol–water partition coefficient (Wildman–Crippen LogP) is 5.36. The van der Waals surface area contributed by atoms with Gasteiger partial charge in [-0.05, 0) is 49.3 Å². The molecule has 0 saturated carbocycles. The molecular weight excluding hydrogens is 409 g/mol. The van der Waals surface area contributed by atoms with Crippen LogP contribution < -0.4 is 4.90 Å². The second kappa shape index (κ2) is 9.20. The molecular formula is C22H27ClFN3OS. The Morgan fingerprint density at radius 3 is 2.28 bits per heavy atom. The van der Waals surface area contributed by atoms with Crippen LogP contribution in [0.15, 0.2) is 42.5 Å². The predicted molar refractivity (Wildman–Crippen MR) is 122 cm³/mol. The van der Waals surface area contributed by atoms with Crippen molar-refractivity contribution < 1.29 is 9.18 Å². The van der Waals surface area contributed by atoms with Gasteiger partial charge in [0, 0.05) is 18.7 Å². The first kappa shape index (κ1) is 23.3. The summed E-state index contributed by atoms with van der Waals surface area (Å²) in [6, 6.07) is 12.6. The molecule has 0 fully saturated rings. The van der Waals surface area contributed by atoms with Crippen LogP contribution in [0.25, 0.3) is 10.2 Å². The van der Waals surface area contributed by atoms with E-state index in [4.69, 9.17) is 0 Å². The fourth-order valence-electron chi connectivity index (χ4n) is 2.87. The first-order valence-corrected chi connectivity index (χ1v) is 10.1. The number of thiazole rings is 1. The zero-order valence-electron chi connectivity index (χ0n) is 17.4. The van der Waals surface area contributed by atoms with Crippen LogP contribution in [0, 0.1) is 5.82 Å². The molecule has 0 radical (unpaired) electrons. The lowest BCUT2D eigenvalue weighted by molar-refractivity contribution is 0.0985. The van der Waals surface area contributed by atoms with E-state index < -0.39 is 0 Å². The minimum absolute atomic E-state index is 0. The zero-order valence-corrected chi connectivity index (χ0v) is 19.0. The van der Waals surface area contributed by atoms with Gasteiger partial charge in [-0.1, -0.05) is 50.3 Å². The van der Waals surface area contributed by atoms with Gasteiger partial charge in [-0.2, -0.15) is 0 Å². The lowest BCUT2D eigenvalue weighted by Gasteiger charge is -2.23. The molecule has 4 nitrogen and oxygen atoms in total. The molecule has 1 aromatic heterocycles. The molecule has 0 bridgehead atoms. The number of halogens is 2. The third kappa shape index (κ3) is 5.32. The number of hydrogen-bond acceptors (Lipinski definition) is 4. The molecule has 1 heterocycles. The number of aromatic nitrogens is 1. The molecule has 0 aliphatic carbocycles. The third-order valence-corrected chi connectivity index (χ3v) is 5.65. The number of carbonyl (C=O) groups excluding carboxylic acids is 1. The summed E-state index contributed by atoms with van der Waals surface area (Å²) in [5.74, 6) is -0.490. The van der Waals surface area contributed by atoms with Crippen LogP contribution in [0.5, 0.6) is 0 Å². The SMILES string of the molecule is CN(C)CCN(C(=O)c1ccc(C(C)(C)C)cc1)c1nc2c(F)cccc2s1.Cl. The average molecular weight is 436 g/mol. The smallest absolute Gasteiger partial charge is 0.260 e. The van der Waals surface area contributed by atoms with Crippen LogP contribution in [0.3, 0.4) is 0 Å². The third-order valence-electron chi connectivity index (χ3n) is 4.60. The molecule has 0 spiro atoms. The maximum atomic E-state index is 14.1. The van der Waals surface area contributed by atoms with E-state index in [0.717, 1.165) is 4.70 Å². The first-order chi connectivity index (χ1) is 13.2. The van der Waals surface area contributed by atoms with Crippen LogP contribution in [0.4, 0.5) is 9.52 Å². The second-order valence-corrected chi connectivity index (χ2v) is 9.18. The van der Waals surface area contributed by atoms with E-state index in [2.05, 4.69) is 25.8 Å². The quantitative estimate of drug-likeness (QED) is 0.541. The molecule has 2 aromatic carbocycles. The Hall–Kier alpha value is -2.02. The Kier molecular flexibility index (Phi) is 7.38. The molecule has 1 amide bonds. The average Bonchev–Trinajstić information content (AvgIpc) is 3.06. The van der Waals surface area contributed by atoms with Gasteiger partial charge in [0.2, 0.25) is 0 Å². The molecule has 3 rings (SSSR count). The van der Waals surface area contributed by atoms with Crippen LogP contribution in [-0.2, 0) is 5.41 Å². The zero-order chi connectivity index (χ0) is 20.5. The Morgan fingerprint density at radius 2 is 1.72 bits per heavy atom.